The van der Waals surface area contributed by atoms with Crippen molar-refractivity contribution < 1.29 is 19.0 Å². The van der Waals surface area contributed by atoms with Gasteiger partial charge in [0.15, 0.2) is 17.3 Å². The van der Waals surface area contributed by atoms with Crippen molar-refractivity contribution >= 4 is 5.91 Å². The van der Waals surface area contributed by atoms with Gasteiger partial charge in [0.25, 0.3) is 5.56 Å². The van der Waals surface area contributed by atoms with Crippen LogP contribution in [-0.4, -0.2) is 66.0 Å². The van der Waals surface area contributed by atoms with Gasteiger partial charge >= 0.3 is 0 Å². The zero-order valence-corrected chi connectivity index (χ0v) is 18.2. The number of hydrogen-bond acceptors (Lipinski definition) is 7. The molecule has 0 unspecified atom stereocenters. The summed E-state index contributed by atoms with van der Waals surface area (Å²) in [5.74, 6) is 1.49. The highest BCUT2D eigenvalue weighted by Crippen LogP contribution is 2.31. The van der Waals surface area contributed by atoms with Gasteiger partial charge < -0.3 is 24.1 Å². The lowest BCUT2D eigenvalue weighted by molar-refractivity contribution is -0.132. The van der Waals surface area contributed by atoms with Gasteiger partial charge in [0.05, 0.1) is 13.7 Å². The third-order valence-corrected chi connectivity index (χ3v) is 5.18. The Bertz CT molecular complexity index is 924. The summed E-state index contributed by atoms with van der Waals surface area (Å²) in [7, 11) is 1.55. The van der Waals surface area contributed by atoms with Crippen molar-refractivity contribution in [3.05, 3.63) is 34.2 Å². The predicted octanol–water partition coefficient (Wildman–Crippen LogP) is 2.20. The van der Waals surface area contributed by atoms with Crippen LogP contribution in [0.5, 0.6) is 11.5 Å². The Hall–Kier alpha value is -2.94. The highest BCUT2D eigenvalue weighted by atomic mass is 16.5. The Kier molecular flexibility index (Phi) is 8.40. The monoisotopic (exact) mass is 430 g/mol. The van der Waals surface area contributed by atoms with Gasteiger partial charge in [-0.25, -0.2) is 0 Å². The molecule has 0 spiro atoms. The topological polar surface area (TPSA) is 107 Å². The number of benzene rings is 1. The summed E-state index contributed by atoms with van der Waals surface area (Å²) < 4.78 is 16.3. The molecular weight excluding hydrogens is 400 g/mol. The maximum absolute atomic E-state index is 12.5. The number of ether oxygens (including phenoxy) is 3. The number of nitrogens with zero attached hydrogens (tertiary/aromatic N) is 3. The molecule has 0 bridgehead atoms. The second-order valence-corrected chi connectivity index (χ2v) is 7.30. The first-order valence-electron chi connectivity index (χ1n) is 10.7. The fourth-order valence-corrected chi connectivity index (χ4v) is 3.47. The number of carbonyl (C=O) groups excluding carboxylic acids is 1. The molecule has 2 heterocycles. The van der Waals surface area contributed by atoms with Gasteiger partial charge in [-0.1, -0.05) is 0 Å². The van der Waals surface area contributed by atoms with E-state index in [9.17, 15) is 9.59 Å². The van der Waals surface area contributed by atoms with Crippen molar-refractivity contribution in [2.45, 2.75) is 39.0 Å². The van der Waals surface area contributed by atoms with Gasteiger partial charge in [-0.2, -0.15) is 0 Å². The Morgan fingerprint density at radius 3 is 2.65 bits per heavy atom. The van der Waals surface area contributed by atoms with Crippen molar-refractivity contribution in [1.29, 1.82) is 0 Å². The van der Waals surface area contributed by atoms with Gasteiger partial charge in [-0.05, 0) is 44.4 Å². The van der Waals surface area contributed by atoms with Crippen LogP contribution in [0.3, 0.4) is 0 Å². The molecule has 168 valence electrons. The van der Waals surface area contributed by atoms with E-state index in [0.717, 1.165) is 25.9 Å². The maximum Gasteiger partial charge on any atom is 0.273 e. The van der Waals surface area contributed by atoms with Crippen LogP contribution in [0.4, 0.5) is 0 Å². The molecule has 0 radical (unpaired) electrons. The van der Waals surface area contributed by atoms with Crippen molar-refractivity contribution in [3.63, 3.8) is 0 Å². The van der Waals surface area contributed by atoms with Crippen LogP contribution < -0.4 is 15.0 Å². The fourth-order valence-electron chi connectivity index (χ4n) is 3.47. The Morgan fingerprint density at radius 2 is 1.94 bits per heavy atom. The fraction of sp³-hybridized carbons (Fsp3) is 0.545. The van der Waals surface area contributed by atoms with Crippen molar-refractivity contribution in [2.24, 2.45) is 0 Å². The van der Waals surface area contributed by atoms with Crippen LogP contribution in [0.1, 0.15) is 38.3 Å². The smallest absolute Gasteiger partial charge is 0.273 e. The van der Waals surface area contributed by atoms with E-state index < -0.39 is 0 Å². The predicted molar refractivity (Wildman–Crippen MR) is 115 cm³/mol. The maximum atomic E-state index is 12.5. The Balaban J connectivity index is 1.64. The average Bonchev–Trinajstić information content (AvgIpc) is 2.81. The molecule has 1 N–H and O–H groups in total. The SMILES string of the molecule is CCOCCOc1ccc(-c2nnc(CCC(=O)N3CCCCC3)c(=O)[nH]2)cc1OC. The number of likely N-dealkylation sites (tertiary alicyclic amines) is 1. The molecule has 9 heteroatoms. The largest absolute Gasteiger partial charge is 0.493 e. The number of aromatic nitrogens is 3. The number of aromatic amines is 1. The van der Waals surface area contributed by atoms with E-state index in [1.165, 1.54) is 6.42 Å². The summed E-state index contributed by atoms with van der Waals surface area (Å²) in [6.45, 7) is 5.05. The lowest BCUT2D eigenvalue weighted by Gasteiger charge is -2.26. The zero-order chi connectivity index (χ0) is 22.1. The van der Waals surface area contributed by atoms with E-state index >= 15 is 0 Å². The van der Waals surface area contributed by atoms with E-state index in [2.05, 4.69) is 15.2 Å². The number of rotatable bonds is 10. The Morgan fingerprint density at radius 1 is 1.13 bits per heavy atom. The molecule has 1 amide bonds. The second-order valence-electron chi connectivity index (χ2n) is 7.30. The van der Waals surface area contributed by atoms with E-state index in [0.29, 0.717) is 42.7 Å². The first kappa shape index (κ1) is 22.7. The third-order valence-electron chi connectivity index (χ3n) is 5.18. The third kappa shape index (κ3) is 6.27. The van der Waals surface area contributed by atoms with Crippen LogP contribution >= 0.6 is 0 Å². The molecule has 2 aromatic rings. The molecule has 0 atom stereocenters. The molecular formula is C22H30N4O5. The normalized spacial score (nSPS) is 13.8. The van der Waals surface area contributed by atoms with E-state index in [1.54, 1.807) is 25.3 Å². The Labute approximate surface area is 181 Å². The lowest BCUT2D eigenvalue weighted by atomic mass is 10.1. The van der Waals surface area contributed by atoms with Gasteiger partial charge in [0.2, 0.25) is 5.91 Å². The van der Waals surface area contributed by atoms with E-state index in [4.69, 9.17) is 14.2 Å². The molecule has 1 aromatic carbocycles. The summed E-state index contributed by atoms with van der Waals surface area (Å²) in [6.07, 6.45) is 3.79. The minimum absolute atomic E-state index is 0.0645. The highest BCUT2D eigenvalue weighted by Gasteiger charge is 2.17. The van der Waals surface area contributed by atoms with E-state index in [1.807, 2.05) is 11.8 Å². The van der Waals surface area contributed by atoms with Crippen molar-refractivity contribution in [1.82, 2.24) is 20.1 Å². The summed E-state index contributed by atoms with van der Waals surface area (Å²) >= 11 is 0. The number of methoxy groups -OCH3 is 1. The molecule has 1 fully saturated rings. The summed E-state index contributed by atoms with van der Waals surface area (Å²) in [4.78, 5) is 29.4. The summed E-state index contributed by atoms with van der Waals surface area (Å²) in [5.41, 5.74) is 0.568. The molecule has 1 aromatic heterocycles. The zero-order valence-electron chi connectivity index (χ0n) is 18.2. The number of H-pyrrole nitrogens is 1. The minimum atomic E-state index is -0.340. The number of aryl methyl sites for hydroxylation is 1. The standard InChI is InChI=1S/C22H30N4O5/c1-3-30-13-14-31-18-9-7-16(15-19(18)29-2)21-23-22(28)17(24-25-21)8-10-20(27)26-11-5-4-6-12-26/h7,9,15H,3-6,8,10-14H2,1-2H3,(H,23,25,28). The van der Waals surface area contributed by atoms with Crippen LogP contribution in [0.25, 0.3) is 11.4 Å². The quantitative estimate of drug-likeness (QED) is 0.576. The number of piperidine rings is 1. The molecule has 1 saturated heterocycles. The lowest BCUT2D eigenvalue weighted by Crippen LogP contribution is -2.36. The number of hydrogen-bond donors (Lipinski definition) is 1. The van der Waals surface area contributed by atoms with Gasteiger partial charge in [-0.15, -0.1) is 10.2 Å². The van der Waals surface area contributed by atoms with Crippen LogP contribution in [-0.2, 0) is 16.0 Å². The van der Waals surface area contributed by atoms with Crippen molar-refractivity contribution in [3.8, 4) is 22.9 Å². The van der Waals surface area contributed by atoms with Gasteiger partial charge in [-0.3, -0.25) is 9.59 Å². The number of carbonyl (C=O) groups is 1. The molecule has 1 aliphatic heterocycles. The van der Waals surface area contributed by atoms with Crippen LogP contribution in [0, 0.1) is 0 Å². The molecule has 0 aliphatic carbocycles. The summed E-state index contributed by atoms with van der Waals surface area (Å²) in [5, 5.41) is 8.21. The van der Waals surface area contributed by atoms with Crippen LogP contribution in [0.2, 0.25) is 0 Å². The highest BCUT2D eigenvalue weighted by molar-refractivity contribution is 5.76. The van der Waals surface area contributed by atoms with Gasteiger partial charge in [0.1, 0.15) is 12.3 Å². The number of nitrogens with one attached hydrogen (secondary N) is 1. The molecule has 9 nitrogen and oxygen atoms in total. The molecule has 1 aliphatic rings. The average molecular weight is 431 g/mol. The first-order valence-corrected chi connectivity index (χ1v) is 10.7. The molecule has 3 rings (SSSR count). The minimum Gasteiger partial charge on any atom is -0.493 e. The van der Waals surface area contributed by atoms with Crippen LogP contribution in [0.15, 0.2) is 23.0 Å². The first-order chi connectivity index (χ1) is 15.1. The molecule has 0 saturated carbocycles. The van der Waals surface area contributed by atoms with E-state index in [-0.39, 0.29) is 30.0 Å². The summed E-state index contributed by atoms with van der Waals surface area (Å²) in [6, 6.07) is 5.26. The molecule has 31 heavy (non-hydrogen) atoms. The van der Waals surface area contributed by atoms with Crippen molar-refractivity contribution in [2.75, 3.05) is 40.0 Å². The van der Waals surface area contributed by atoms with Gasteiger partial charge in [0, 0.05) is 38.1 Å². The second kappa shape index (κ2) is 11.5. The number of amides is 1.